The lowest BCUT2D eigenvalue weighted by Crippen LogP contribution is -2.42. The summed E-state index contributed by atoms with van der Waals surface area (Å²) in [6.07, 6.45) is 0.670. The third kappa shape index (κ3) is 10.4. The molecule has 0 unspecified atom stereocenters. The molecule has 0 aliphatic heterocycles. The Balaban J connectivity index is 2.66. The summed E-state index contributed by atoms with van der Waals surface area (Å²) < 4.78 is 15.7. The van der Waals surface area contributed by atoms with Crippen LogP contribution in [0.15, 0.2) is 24.3 Å². The second-order valence-corrected chi connectivity index (χ2v) is 7.38. The zero-order valence-corrected chi connectivity index (χ0v) is 16.9. The third-order valence-corrected chi connectivity index (χ3v) is 3.66. The summed E-state index contributed by atoms with van der Waals surface area (Å²) in [5.74, 6) is -0.141. The van der Waals surface area contributed by atoms with Gasteiger partial charge in [0.15, 0.2) is 0 Å². The van der Waals surface area contributed by atoms with Crippen LogP contribution in [-0.2, 0) is 25.5 Å². The molecule has 0 spiro atoms. The molecule has 1 atom stereocenters. The number of methoxy groups -OCH3 is 1. The van der Waals surface area contributed by atoms with Crippen molar-refractivity contribution in [3.63, 3.8) is 0 Å². The number of rotatable bonds is 10. The average molecular weight is 394 g/mol. The fraction of sp³-hybridized carbons (Fsp3) is 0.550. The van der Waals surface area contributed by atoms with Gasteiger partial charge in [-0.3, -0.25) is 9.59 Å². The maximum Gasteiger partial charge on any atom is 0.407 e. The molecule has 0 aliphatic carbocycles. The van der Waals surface area contributed by atoms with Crippen molar-refractivity contribution in [3.05, 3.63) is 29.8 Å². The number of ether oxygens (including phenoxy) is 3. The molecule has 8 nitrogen and oxygen atoms in total. The number of nitrogens with two attached hydrogens (primary N) is 1. The first kappa shape index (κ1) is 23.3. The lowest BCUT2D eigenvalue weighted by atomic mass is 10.1. The van der Waals surface area contributed by atoms with E-state index >= 15 is 0 Å². The number of nitrogens with one attached hydrogen (secondary N) is 1. The van der Waals surface area contributed by atoms with Crippen molar-refractivity contribution in [3.8, 4) is 5.75 Å². The summed E-state index contributed by atoms with van der Waals surface area (Å²) in [5, 5.41) is 2.71. The Kier molecular flexibility index (Phi) is 9.27. The molecule has 0 bridgehead atoms. The number of alkyl carbamates (subject to hydrolysis) is 1. The van der Waals surface area contributed by atoms with Crippen molar-refractivity contribution in [1.29, 1.82) is 0 Å². The molecule has 1 aromatic carbocycles. The predicted molar refractivity (Wildman–Crippen MR) is 104 cm³/mol. The Morgan fingerprint density at radius 2 is 1.89 bits per heavy atom. The molecule has 3 N–H and O–H groups in total. The molecule has 0 fully saturated rings. The second kappa shape index (κ2) is 11.2. The van der Waals surface area contributed by atoms with Crippen LogP contribution in [0.3, 0.4) is 0 Å². The number of amides is 2. The van der Waals surface area contributed by atoms with E-state index in [1.807, 2.05) is 18.2 Å². The summed E-state index contributed by atoms with van der Waals surface area (Å²) in [4.78, 5) is 34.4. The summed E-state index contributed by atoms with van der Waals surface area (Å²) in [7, 11) is 1.35. The Morgan fingerprint density at radius 1 is 1.18 bits per heavy atom. The largest absolute Gasteiger partial charge is 0.491 e. The van der Waals surface area contributed by atoms with Crippen molar-refractivity contribution in [2.24, 2.45) is 5.73 Å². The molecule has 1 aromatic rings. The first-order chi connectivity index (χ1) is 13.1. The van der Waals surface area contributed by atoms with E-state index in [0.29, 0.717) is 18.6 Å². The van der Waals surface area contributed by atoms with Gasteiger partial charge in [0.2, 0.25) is 5.91 Å². The number of primary amides is 1. The van der Waals surface area contributed by atoms with E-state index in [0.717, 1.165) is 5.56 Å². The van der Waals surface area contributed by atoms with Gasteiger partial charge in [-0.15, -0.1) is 0 Å². The van der Waals surface area contributed by atoms with Gasteiger partial charge in [-0.1, -0.05) is 12.1 Å². The molecule has 0 saturated heterocycles. The quantitative estimate of drug-likeness (QED) is 0.588. The van der Waals surface area contributed by atoms with E-state index in [9.17, 15) is 14.4 Å². The number of hydrogen-bond donors (Lipinski definition) is 2. The van der Waals surface area contributed by atoms with Crippen LogP contribution in [-0.4, -0.2) is 43.3 Å². The van der Waals surface area contributed by atoms with Gasteiger partial charge in [-0.2, -0.15) is 0 Å². The number of carbonyl (C=O) groups excluding carboxylic acids is 3. The highest BCUT2D eigenvalue weighted by molar-refractivity contribution is 5.74. The number of esters is 1. The number of hydrogen-bond acceptors (Lipinski definition) is 6. The molecule has 0 heterocycles. The topological polar surface area (TPSA) is 117 Å². The van der Waals surface area contributed by atoms with Crippen LogP contribution in [0.25, 0.3) is 0 Å². The van der Waals surface area contributed by atoms with Crippen LogP contribution in [0.2, 0.25) is 0 Å². The molecule has 0 radical (unpaired) electrons. The molecule has 0 aliphatic rings. The first-order valence-electron chi connectivity index (χ1n) is 9.15. The van der Waals surface area contributed by atoms with Crippen LogP contribution in [0.1, 0.15) is 45.6 Å². The number of benzene rings is 1. The van der Waals surface area contributed by atoms with Crippen LogP contribution in [0.5, 0.6) is 5.75 Å². The Hall–Kier alpha value is -2.77. The number of aryl methyl sites for hydroxylation is 1. The Bertz CT molecular complexity index is 669. The van der Waals surface area contributed by atoms with E-state index in [4.69, 9.17) is 15.2 Å². The van der Waals surface area contributed by atoms with Gasteiger partial charge in [0.25, 0.3) is 0 Å². The minimum atomic E-state index is -0.632. The second-order valence-electron chi connectivity index (χ2n) is 7.38. The highest BCUT2D eigenvalue weighted by Crippen LogP contribution is 2.16. The van der Waals surface area contributed by atoms with Gasteiger partial charge < -0.3 is 25.3 Å². The normalized spacial score (nSPS) is 12.0. The van der Waals surface area contributed by atoms with Crippen molar-refractivity contribution in [2.75, 3.05) is 13.7 Å². The minimum absolute atomic E-state index is 0.114. The number of carbonyl (C=O) groups is 3. The van der Waals surface area contributed by atoms with Crippen LogP contribution >= 0.6 is 0 Å². The van der Waals surface area contributed by atoms with Gasteiger partial charge in [-0.05, 0) is 51.3 Å². The van der Waals surface area contributed by atoms with Gasteiger partial charge >= 0.3 is 12.1 Å². The molecular weight excluding hydrogens is 364 g/mol. The van der Waals surface area contributed by atoms with Gasteiger partial charge in [-0.25, -0.2) is 4.79 Å². The smallest absolute Gasteiger partial charge is 0.407 e. The van der Waals surface area contributed by atoms with Crippen molar-refractivity contribution in [1.82, 2.24) is 5.32 Å². The van der Waals surface area contributed by atoms with Crippen LogP contribution in [0, 0.1) is 0 Å². The molecule has 156 valence electrons. The highest BCUT2D eigenvalue weighted by Gasteiger charge is 2.20. The molecule has 0 aromatic heterocycles. The third-order valence-electron chi connectivity index (χ3n) is 3.66. The van der Waals surface area contributed by atoms with Gasteiger partial charge in [0, 0.05) is 12.8 Å². The zero-order chi connectivity index (χ0) is 21.2. The first-order valence-corrected chi connectivity index (χ1v) is 9.15. The minimum Gasteiger partial charge on any atom is -0.491 e. The van der Waals surface area contributed by atoms with Gasteiger partial charge in [0.05, 0.1) is 13.2 Å². The Labute approximate surface area is 165 Å². The van der Waals surface area contributed by atoms with Crippen molar-refractivity contribution >= 4 is 18.0 Å². The van der Waals surface area contributed by atoms with Gasteiger partial charge in [0.1, 0.15) is 18.0 Å². The molecule has 8 heteroatoms. The average Bonchev–Trinajstić information content (AvgIpc) is 2.60. The lowest BCUT2D eigenvalue weighted by molar-refractivity contribution is -0.140. The maximum atomic E-state index is 12.0. The fourth-order valence-electron chi connectivity index (χ4n) is 2.32. The molecule has 0 saturated carbocycles. The molecule has 28 heavy (non-hydrogen) atoms. The predicted octanol–water partition coefficient (Wildman–Crippen LogP) is 2.33. The standard InChI is InChI=1S/C20H30N2O6/c1-20(2,3)28-19(25)22-15(9-10-17(21)23)13-27-16-7-5-6-14(12-16)8-11-18(24)26-4/h5-7,12,15H,8-11,13H2,1-4H3,(H2,21,23)(H,22,25)/t15-/m0/s1. The summed E-state index contributed by atoms with van der Waals surface area (Å²) in [6, 6.07) is 6.86. The monoisotopic (exact) mass is 394 g/mol. The zero-order valence-electron chi connectivity index (χ0n) is 16.9. The maximum absolute atomic E-state index is 12.0. The van der Waals surface area contributed by atoms with E-state index in [1.54, 1.807) is 26.8 Å². The summed E-state index contributed by atoms with van der Waals surface area (Å²) in [6.45, 7) is 5.44. The van der Waals surface area contributed by atoms with Crippen molar-refractivity contribution < 1.29 is 28.6 Å². The van der Waals surface area contributed by atoms with Crippen LogP contribution in [0.4, 0.5) is 4.79 Å². The van der Waals surface area contributed by atoms with Crippen molar-refractivity contribution in [2.45, 2.75) is 58.1 Å². The van der Waals surface area contributed by atoms with E-state index in [2.05, 4.69) is 10.1 Å². The summed E-state index contributed by atoms with van der Waals surface area (Å²) in [5.41, 5.74) is 5.50. The van der Waals surface area contributed by atoms with E-state index < -0.39 is 23.6 Å². The van der Waals surface area contributed by atoms with Crippen LogP contribution < -0.4 is 15.8 Å². The fourth-order valence-corrected chi connectivity index (χ4v) is 2.32. The SMILES string of the molecule is COC(=O)CCc1cccc(OC[C@H](CCC(N)=O)NC(=O)OC(C)(C)C)c1. The Morgan fingerprint density at radius 3 is 2.50 bits per heavy atom. The molecular formula is C20H30N2O6. The summed E-state index contributed by atoms with van der Waals surface area (Å²) >= 11 is 0. The lowest BCUT2D eigenvalue weighted by Gasteiger charge is -2.23. The molecule has 2 amide bonds. The van der Waals surface area contributed by atoms with E-state index in [-0.39, 0.29) is 25.4 Å². The highest BCUT2D eigenvalue weighted by atomic mass is 16.6. The van der Waals surface area contributed by atoms with E-state index in [1.165, 1.54) is 7.11 Å². The molecule has 1 rings (SSSR count).